The lowest BCUT2D eigenvalue weighted by molar-refractivity contribution is 0.199. The summed E-state index contributed by atoms with van der Waals surface area (Å²) >= 11 is 0. The summed E-state index contributed by atoms with van der Waals surface area (Å²) in [6, 6.07) is 8.37. The van der Waals surface area contributed by atoms with Crippen molar-refractivity contribution in [1.29, 1.82) is 0 Å². The fraction of sp³-hybridized carbons (Fsp3) is 0.571. The second kappa shape index (κ2) is 6.61. The summed E-state index contributed by atoms with van der Waals surface area (Å²) in [5, 5.41) is 3.38. The van der Waals surface area contributed by atoms with Crippen LogP contribution in [0.2, 0.25) is 0 Å². The molecule has 0 aliphatic carbocycles. The van der Waals surface area contributed by atoms with E-state index in [1.54, 1.807) is 7.11 Å². The van der Waals surface area contributed by atoms with Crippen molar-refractivity contribution in [1.82, 2.24) is 10.2 Å². The van der Waals surface area contributed by atoms with Gasteiger partial charge in [-0.15, -0.1) is 0 Å². The van der Waals surface area contributed by atoms with Crippen molar-refractivity contribution in [2.45, 2.75) is 12.5 Å². The minimum Gasteiger partial charge on any atom is -0.497 e. The SMILES string of the molecule is COc1ccc(OCCN(C)C2CCNC2)cc1. The van der Waals surface area contributed by atoms with E-state index in [4.69, 9.17) is 9.47 Å². The van der Waals surface area contributed by atoms with Crippen molar-refractivity contribution in [3.8, 4) is 11.5 Å². The molecule has 0 spiro atoms. The Labute approximate surface area is 109 Å². The highest BCUT2D eigenvalue weighted by Crippen LogP contribution is 2.17. The van der Waals surface area contributed by atoms with Crippen LogP contribution in [0, 0.1) is 0 Å². The monoisotopic (exact) mass is 250 g/mol. The fourth-order valence-electron chi connectivity index (χ4n) is 2.18. The van der Waals surface area contributed by atoms with Gasteiger partial charge in [0.25, 0.3) is 0 Å². The van der Waals surface area contributed by atoms with Gasteiger partial charge in [0.05, 0.1) is 7.11 Å². The first-order valence-electron chi connectivity index (χ1n) is 6.47. The molecule has 0 saturated carbocycles. The molecule has 2 rings (SSSR count). The lowest BCUT2D eigenvalue weighted by Gasteiger charge is -2.23. The number of methoxy groups -OCH3 is 1. The van der Waals surface area contributed by atoms with Crippen molar-refractivity contribution in [3.63, 3.8) is 0 Å². The van der Waals surface area contributed by atoms with Crippen LogP contribution in [0.4, 0.5) is 0 Å². The van der Waals surface area contributed by atoms with Crippen LogP contribution in [-0.4, -0.2) is 51.3 Å². The molecule has 1 N–H and O–H groups in total. The molecular weight excluding hydrogens is 228 g/mol. The van der Waals surface area contributed by atoms with Gasteiger partial charge in [-0.2, -0.15) is 0 Å². The number of likely N-dealkylation sites (N-methyl/N-ethyl adjacent to an activating group) is 1. The van der Waals surface area contributed by atoms with Gasteiger partial charge in [0.15, 0.2) is 0 Å². The first-order chi connectivity index (χ1) is 8.79. The zero-order valence-corrected chi connectivity index (χ0v) is 11.2. The fourth-order valence-corrected chi connectivity index (χ4v) is 2.18. The average molecular weight is 250 g/mol. The highest BCUT2D eigenvalue weighted by atomic mass is 16.5. The third-order valence-corrected chi connectivity index (χ3v) is 3.43. The van der Waals surface area contributed by atoms with E-state index in [1.165, 1.54) is 6.42 Å². The summed E-state index contributed by atoms with van der Waals surface area (Å²) in [7, 11) is 3.83. The Morgan fingerprint density at radius 2 is 2.00 bits per heavy atom. The van der Waals surface area contributed by atoms with E-state index in [2.05, 4.69) is 17.3 Å². The maximum atomic E-state index is 5.72. The van der Waals surface area contributed by atoms with Crippen LogP contribution in [0.3, 0.4) is 0 Å². The van der Waals surface area contributed by atoms with Gasteiger partial charge in [0, 0.05) is 19.1 Å². The van der Waals surface area contributed by atoms with Gasteiger partial charge in [-0.05, 0) is 44.3 Å². The predicted molar refractivity (Wildman–Crippen MR) is 72.4 cm³/mol. The van der Waals surface area contributed by atoms with Gasteiger partial charge in [0.1, 0.15) is 18.1 Å². The summed E-state index contributed by atoms with van der Waals surface area (Å²) in [5.74, 6) is 1.75. The molecule has 0 bridgehead atoms. The van der Waals surface area contributed by atoms with E-state index in [9.17, 15) is 0 Å². The highest BCUT2D eigenvalue weighted by molar-refractivity contribution is 5.31. The maximum Gasteiger partial charge on any atom is 0.119 e. The molecule has 1 unspecified atom stereocenters. The summed E-state index contributed by atoms with van der Waals surface area (Å²) in [4.78, 5) is 2.36. The second-order valence-electron chi connectivity index (χ2n) is 4.65. The Kier molecular flexibility index (Phi) is 4.84. The average Bonchev–Trinajstić information content (AvgIpc) is 2.93. The van der Waals surface area contributed by atoms with E-state index in [0.29, 0.717) is 6.04 Å². The van der Waals surface area contributed by atoms with E-state index in [1.807, 2.05) is 24.3 Å². The van der Waals surface area contributed by atoms with Crippen LogP contribution in [-0.2, 0) is 0 Å². The lowest BCUT2D eigenvalue weighted by atomic mass is 10.2. The summed E-state index contributed by atoms with van der Waals surface area (Å²) in [5.41, 5.74) is 0. The molecule has 18 heavy (non-hydrogen) atoms. The number of rotatable bonds is 6. The molecule has 1 fully saturated rings. The number of nitrogens with one attached hydrogen (secondary N) is 1. The number of ether oxygens (including phenoxy) is 2. The van der Waals surface area contributed by atoms with Crippen LogP contribution in [0.25, 0.3) is 0 Å². The topological polar surface area (TPSA) is 33.7 Å². The van der Waals surface area contributed by atoms with E-state index in [0.717, 1.165) is 37.7 Å². The molecule has 1 saturated heterocycles. The molecule has 1 aliphatic heterocycles. The molecule has 1 aromatic carbocycles. The zero-order chi connectivity index (χ0) is 12.8. The number of nitrogens with zero attached hydrogens (tertiary/aromatic N) is 1. The third-order valence-electron chi connectivity index (χ3n) is 3.43. The van der Waals surface area contributed by atoms with Gasteiger partial charge >= 0.3 is 0 Å². The van der Waals surface area contributed by atoms with Crippen LogP contribution in [0.5, 0.6) is 11.5 Å². The van der Waals surface area contributed by atoms with E-state index in [-0.39, 0.29) is 0 Å². The normalized spacial score (nSPS) is 19.2. The van der Waals surface area contributed by atoms with Gasteiger partial charge in [-0.25, -0.2) is 0 Å². The van der Waals surface area contributed by atoms with Gasteiger partial charge < -0.3 is 14.8 Å². The molecular formula is C14H22N2O2. The lowest BCUT2D eigenvalue weighted by Crippen LogP contribution is -2.36. The maximum absolute atomic E-state index is 5.72. The zero-order valence-electron chi connectivity index (χ0n) is 11.2. The standard InChI is InChI=1S/C14H22N2O2/c1-16(12-7-8-15-11-12)9-10-18-14-5-3-13(17-2)4-6-14/h3-6,12,15H,7-11H2,1-2H3. The molecule has 100 valence electrons. The molecule has 0 aromatic heterocycles. The first kappa shape index (κ1) is 13.2. The molecule has 4 heteroatoms. The highest BCUT2D eigenvalue weighted by Gasteiger charge is 2.18. The Balaban J connectivity index is 1.70. The second-order valence-corrected chi connectivity index (χ2v) is 4.65. The van der Waals surface area contributed by atoms with Crippen molar-refractivity contribution in [3.05, 3.63) is 24.3 Å². The summed E-state index contributed by atoms with van der Waals surface area (Å²) in [6.45, 7) is 3.91. The van der Waals surface area contributed by atoms with Gasteiger partial charge in [-0.1, -0.05) is 0 Å². The third kappa shape index (κ3) is 3.62. The van der Waals surface area contributed by atoms with Crippen LogP contribution < -0.4 is 14.8 Å². The predicted octanol–water partition coefficient (Wildman–Crippen LogP) is 1.37. The van der Waals surface area contributed by atoms with E-state index >= 15 is 0 Å². The Morgan fingerprint density at radius 3 is 2.61 bits per heavy atom. The van der Waals surface area contributed by atoms with Gasteiger partial charge in [0.2, 0.25) is 0 Å². The summed E-state index contributed by atoms with van der Waals surface area (Å²) < 4.78 is 10.8. The number of hydrogen-bond acceptors (Lipinski definition) is 4. The largest absolute Gasteiger partial charge is 0.497 e. The Bertz CT molecular complexity index is 347. The minimum atomic E-state index is 0.657. The van der Waals surface area contributed by atoms with Crippen LogP contribution >= 0.6 is 0 Å². The first-order valence-corrected chi connectivity index (χ1v) is 6.47. The van der Waals surface area contributed by atoms with Crippen molar-refractivity contribution < 1.29 is 9.47 Å². The summed E-state index contributed by atoms with van der Waals surface area (Å²) in [6.07, 6.45) is 1.24. The van der Waals surface area contributed by atoms with Crippen LogP contribution in [0.1, 0.15) is 6.42 Å². The molecule has 0 amide bonds. The number of hydrogen-bond donors (Lipinski definition) is 1. The molecule has 1 atom stereocenters. The quantitative estimate of drug-likeness (QED) is 0.827. The van der Waals surface area contributed by atoms with Gasteiger partial charge in [-0.3, -0.25) is 4.90 Å². The Morgan fingerprint density at radius 1 is 1.28 bits per heavy atom. The van der Waals surface area contributed by atoms with E-state index < -0.39 is 0 Å². The van der Waals surface area contributed by atoms with Crippen molar-refractivity contribution in [2.24, 2.45) is 0 Å². The molecule has 1 aromatic rings. The Hall–Kier alpha value is -1.26. The molecule has 0 radical (unpaired) electrons. The minimum absolute atomic E-state index is 0.657. The number of benzene rings is 1. The smallest absolute Gasteiger partial charge is 0.119 e. The van der Waals surface area contributed by atoms with Crippen LogP contribution in [0.15, 0.2) is 24.3 Å². The molecule has 1 aliphatic rings. The molecule has 4 nitrogen and oxygen atoms in total. The molecule has 1 heterocycles. The van der Waals surface area contributed by atoms with Crippen molar-refractivity contribution in [2.75, 3.05) is 40.4 Å². The van der Waals surface area contributed by atoms with Crippen molar-refractivity contribution >= 4 is 0 Å².